The summed E-state index contributed by atoms with van der Waals surface area (Å²) in [6.07, 6.45) is 5.16. The number of nitrogens with two attached hydrogens (primary N) is 1. The third-order valence-corrected chi connectivity index (χ3v) is 4.78. The average Bonchev–Trinajstić information content (AvgIpc) is 3.08. The van der Waals surface area contributed by atoms with Gasteiger partial charge in [-0.25, -0.2) is 4.98 Å². The van der Waals surface area contributed by atoms with Crippen molar-refractivity contribution in [1.82, 2.24) is 4.98 Å². The van der Waals surface area contributed by atoms with Gasteiger partial charge in [-0.05, 0) is 37.1 Å². The SMILES string of the molecule is COc1ccc(-c2nc(C3CCCC3)sc2N)cc1. The molecule has 2 N–H and O–H groups in total. The highest BCUT2D eigenvalue weighted by Crippen LogP contribution is 2.40. The maximum atomic E-state index is 6.14. The summed E-state index contributed by atoms with van der Waals surface area (Å²) in [5, 5.41) is 2.04. The van der Waals surface area contributed by atoms with Crippen LogP contribution in [0, 0.1) is 0 Å². The second-order valence-corrected chi connectivity index (χ2v) is 6.04. The summed E-state index contributed by atoms with van der Waals surface area (Å²) < 4.78 is 5.17. The van der Waals surface area contributed by atoms with Gasteiger partial charge in [-0.1, -0.05) is 12.8 Å². The molecule has 1 aromatic heterocycles. The second-order valence-electron chi connectivity index (χ2n) is 4.97. The number of hydrogen-bond acceptors (Lipinski definition) is 4. The fourth-order valence-corrected chi connectivity index (χ4v) is 3.68. The van der Waals surface area contributed by atoms with Crippen molar-refractivity contribution >= 4 is 16.3 Å². The highest BCUT2D eigenvalue weighted by molar-refractivity contribution is 7.16. The molecule has 0 unspecified atom stereocenters. The lowest BCUT2D eigenvalue weighted by Crippen LogP contribution is -1.91. The van der Waals surface area contributed by atoms with Gasteiger partial charge in [-0.3, -0.25) is 0 Å². The topological polar surface area (TPSA) is 48.1 Å². The molecule has 1 heterocycles. The lowest BCUT2D eigenvalue weighted by molar-refractivity contribution is 0.415. The third kappa shape index (κ3) is 2.45. The Morgan fingerprint density at radius 1 is 1.21 bits per heavy atom. The van der Waals surface area contributed by atoms with E-state index < -0.39 is 0 Å². The largest absolute Gasteiger partial charge is 0.497 e. The number of methoxy groups -OCH3 is 1. The van der Waals surface area contributed by atoms with E-state index in [1.165, 1.54) is 30.7 Å². The Balaban J connectivity index is 1.90. The Morgan fingerprint density at radius 3 is 2.53 bits per heavy atom. The predicted molar refractivity (Wildman–Crippen MR) is 79.7 cm³/mol. The minimum Gasteiger partial charge on any atom is -0.497 e. The quantitative estimate of drug-likeness (QED) is 0.918. The van der Waals surface area contributed by atoms with E-state index in [1.807, 2.05) is 24.3 Å². The molecule has 1 aliphatic carbocycles. The first kappa shape index (κ1) is 12.5. The van der Waals surface area contributed by atoms with E-state index >= 15 is 0 Å². The van der Waals surface area contributed by atoms with E-state index in [0.29, 0.717) is 5.92 Å². The van der Waals surface area contributed by atoms with Crippen LogP contribution in [0.25, 0.3) is 11.3 Å². The summed E-state index contributed by atoms with van der Waals surface area (Å²) >= 11 is 1.65. The molecule has 1 aliphatic rings. The van der Waals surface area contributed by atoms with Crippen molar-refractivity contribution in [3.05, 3.63) is 29.3 Å². The van der Waals surface area contributed by atoms with Crippen LogP contribution in [-0.4, -0.2) is 12.1 Å². The molecule has 0 saturated heterocycles. The smallest absolute Gasteiger partial charge is 0.118 e. The van der Waals surface area contributed by atoms with Crippen LogP contribution < -0.4 is 10.5 Å². The minimum absolute atomic E-state index is 0.624. The first-order valence-electron chi connectivity index (χ1n) is 6.68. The summed E-state index contributed by atoms with van der Waals surface area (Å²) in [5.41, 5.74) is 8.13. The Morgan fingerprint density at radius 2 is 1.89 bits per heavy atom. The number of anilines is 1. The predicted octanol–water partition coefficient (Wildman–Crippen LogP) is 4.06. The molecule has 1 saturated carbocycles. The van der Waals surface area contributed by atoms with Crippen molar-refractivity contribution in [2.75, 3.05) is 12.8 Å². The minimum atomic E-state index is 0.624. The van der Waals surface area contributed by atoms with Crippen molar-refractivity contribution in [3.8, 4) is 17.0 Å². The molecule has 0 spiro atoms. The molecule has 0 aliphatic heterocycles. The first-order chi connectivity index (χ1) is 9.28. The first-order valence-corrected chi connectivity index (χ1v) is 7.50. The van der Waals surface area contributed by atoms with Crippen molar-refractivity contribution < 1.29 is 4.74 Å². The molecule has 4 heteroatoms. The van der Waals surface area contributed by atoms with Crippen molar-refractivity contribution in [2.24, 2.45) is 0 Å². The molecule has 3 rings (SSSR count). The number of rotatable bonds is 3. The zero-order valence-corrected chi connectivity index (χ0v) is 11.9. The maximum absolute atomic E-state index is 6.14. The average molecular weight is 274 g/mol. The normalized spacial score (nSPS) is 15.8. The molecule has 19 heavy (non-hydrogen) atoms. The number of aromatic nitrogens is 1. The number of ether oxygens (including phenoxy) is 1. The molecule has 3 nitrogen and oxygen atoms in total. The van der Waals surface area contributed by atoms with E-state index in [4.69, 9.17) is 15.5 Å². The molecule has 0 amide bonds. The molecule has 0 radical (unpaired) electrons. The fraction of sp³-hybridized carbons (Fsp3) is 0.400. The van der Waals surface area contributed by atoms with Crippen molar-refractivity contribution in [3.63, 3.8) is 0 Å². The van der Waals surface area contributed by atoms with Crippen LogP contribution in [0.5, 0.6) is 5.75 Å². The van der Waals surface area contributed by atoms with Gasteiger partial charge >= 0.3 is 0 Å². The monoisotopic (exact) mass is 274 g/mol. The Labute approximate surface area is 117 Å². The highest BCUT2D eigenvalue weighted by atomic mass is 32.1. The number of thiazole rings is 1. The molecule has 0 atom stereocenters. The van der Waals surface area contributed by atoms with Crippen LogP contribution in [0.15, 0.2) is 24.3 Å². The van der Waals surface area contributed by atoms with Gasteiger partial charge in [0.2, 0.25) is 0 Å². The van der Waals surface area contributed by atoms with Crippen molar-refractivity contribution in [1.29, 1.82) is 0 Å². The van der Waals surface area contributed by atoms with Gasteiger partial charge in [0.05, 0.1) is 12.1 Å². The lowest BCUT2D eigenvalue weighted by Gasteiger charge is -2.03. The van der Waals surface area contributed by atoms with Gasteiger partial charge in [0.25, 0.3) is 0 Å². The fourth-order valence-electron chi connectivity index (χ4n) is 2.65. The van der Waals surface area contributed by atoms with E-state index in [9.17, 15) is 0 Å². The van der Waals surface area contributed by atoms with E-state index in [-0.39, 0.29) is 0 Å². The van der Waals surface area contributed by atoms with E-state index in [2.05, 4.69) is 0 Å². The molecule has 100 valence electrons. The van der Waals surface area contributed by atoms with E-state index in [1.54, 1.807) is 18.4 Å². The van der Waals surface area contributed by atoms with Crippen LogP contribution in [-0.2, 0) is 0 Å². The van der Waals surface area contributed by atoms with Gasteiger partial charge < -0.3 is 10.5 Å². The standard InChI is InChI=1S/C15H18N2OS/c1-18-12-8-6-10(7-9-12)13-14(16)19-15(17-13)11-4-2-3-5-11/h6-9,11H,2-5,16H2,1H3. The van der Waals surface area contributed by atoms with Crippen LogP contribution >= 0.6 is 11.3 Å². The van der Waals surface area contributed by atoms with Gasteiger partial charge in [-0.2, -0.15) is 0 Å². The molecular weight excluding hydrogens is 256 g/mol. The molecular formula is C15H18N2OS. The second kappa shape index (κ2) is 5.21. The lowest BCUT2D eigenvalue weighted by atomic mass is 10.1. The van der Waals surface area contributed by atoms with Crippen LogP contribution in [0.1, 0.15) is 36.6 Å². The number of hydrogen-bond donors (Lipinski definition) is 1. The van der Waals surface area contributed by atoms with Gasteiger partial charge in [-0.15, -0.1) is 11.3 Å². The van der Waals surface area contributed by atoms with Crippen LogP contribution in [0.4, 0.5) is 5.00 Å². The summed E-state index contributed by atoms with van der Waals surface area (Å²) in [6.45, 7) is 0. The Bertz CT molecular complexity index is 556. The van der Waals surface area contributed by atoms with Crippen LogP contribution in [0.3, 0.4) is 0 Å². The zero-order valence-electron chi connectivity index (χ0n) is 11.1. The summed E-state index contributed by atoms with van der Waals surface area (Å²) in [6, 6.07) is 7.93. The summed E-state index contributed by atoms with van der Waals surface area (Å²) in [5.74, 6) is 1.48. The number of benzene rings is 1. The summed E-state index contributed by atoms with van der Waals surface area (Å²) in [7, 11) is 1.67. The molecule has 2 aromatic rings. The maximum Gasteiger partial charge on any atom is 0.118 e. The highest BCUT2D eigenvalue weighted by Gasteiger charge is 2.22. The van der Waals surface area contributed by atoms with Gasteiger partial charge in [0.1, 0.15) is 16.4 Å². The Hall–Kier alpha value is -1.55. The van der Waals surface area contributed by atoms with Gasteiger partial charge in [0, 0.05) is 11.5 Å². The summed E-state index contributed by atoms with van der Waals surface area (Å²) in [4.78, 5) is 4.77. The third-order valence-electron chi connectivity index (χ3n) is 3.74. The van der Waals surface area contributed by atoms with Crippen LogP contribution in [0.2, 0.25) is 0 Å². The number of nitrogen functional groups attached to an aromatic ring is 1. The number of nitrogens with zero attached hydrogens (tertiary/aromatic N) is 1. The molecule has 0 bridgehead atoms. The molecule has 1 aromatic carbocycles. The van der Waals surface area contributed by atoms with Gasteiger partial charge in [0.15, 0.2) is 0 Å². The van der Waals surface area contributed by atoms with Crippen molar-refractivity contribution in [2.45, 2.75) is 31.6 Å². The molecule has 1 fully saturated rings. The zero-order chi connectivity index (χ0) is 13.2. The Kier molecular flexibility index (Phi) is 3.42. The van der Waals surface area contributed by atoms with E-state index in [0.717, 1.165) is 22.0 Å².